The Bertz CT molecular complexity index is 535. The van der Waals surface area contributed by atoms with Gasteiger partial charge in [-0.15, -0.1) is 0 Å². The van der Waals surface area contributed by atoms with Gasteiger partial charge in [0.15, 0.2) is 0 Å². The lowest BCUT2D eigenvalue weighted by Crippen LogP contribution is -2.30. The van der Waals surface area contributed by atoms with Gasteiger partial charge in [-0.3, -0.25) is 4.79 Å². The van der Waals surface area contributed by atoms with Gasteiger partial charge in [-0.25, -0.2) is 4.39 Å². The van der Waals surface area contributed by atoms with Crippen molar-refractivity contribution in [3.8, 4) is 0 Å². The Morgan fingerprint density at radius 1 is 1.52 bits per heavy atom. The molecule has 0 saturated heterocycles. The molecule has 0 aromatic heterocycles. The molecule has 21 heavy (non-hydrogen) atoms. The molecule has 0 heterocycles. The average molecular weight is 358 g/mol. The van der Waals surface area contributed by atoms with Crippen LogP contribution in [0.4, 0.5) is 4.39 Å². The summed E-state index contributed by atoms with van der Waals surface area (Å²) in [7, 11) is 0. The Hall–Kier alpha value is -0.940. The number of carboxylic acid groups (broad SMARTS) is 1. The van der Waals surface area contributed by atoms with Crippen LogP contribution in [0, 0.1) is 18.7 Å². The summed E-state index contributed by atoms with van der Waals surface area (Å²) in [5, 5.41) is 12.4. The standard InChI is InChI=1S/C16H21BrFNO2/c1-9-5-14(17)15(18)8-13(9)10(2)19-12-4-3-11(6-12)7-16(20)21/h5,8,10-12,19H,3-4,6-7H2,1-2H3,(H,20,21)/t10-,11?,12?/m0/s1. The second-order valence-corrected chi connectivity index (χ2v) is 6.84. The fourth-order valence-corrected chi connectivity index (χ4v) is 3.69. The maximum absolute atomic E-state index is 13.7. The van der Waals surface area contributed by atoms with E-state index in [9.17, 15) is 9.18 Å². The fourth-order valence-electron chi connectivity index (χ4n) is 3.23. The van der Waals surface area contributed by atoms with Crippen LogP contribution in [0.2, 0.25) is 0 Å². The smallest absolute Gasteiger partial charge is 0.303 e. The Balaban J connectivity index is 1.98. The van der Waals surface area contributed by atoms with Crippen molar-refractivity contribution in [3.63, 3.8) is 0 Å². The van der Waals surface area contributed by atoms with Gasteiger partial charge in [-0.1, -0.05) is 0 Å². The van der Waals surface area contributed by atoms with Crippen molar-refractivity contribution >= 4 is 21.9 Å². The van der Waals surface area contributed by atoms with Gasteiger partial charge in [0, 0.05) is 18.5 Å². The maximum Gasteiger partial charge on any atom is 0.303 e. The number of rotatable bonds is 5. The van der Waals surface area contributed by atoms with Crippen LogP contribution >= 0.6 is 15.9 Å². The molecule has 3 atom stereocenters. The number of hydrogen-bond donors (Lipinski definition) is 2. The number of benzene rings is 1. The molecule has 0 aliphatic heterocycles. The maximum atomic E-state index is 13.7. The summed E-state index contributed by atoms with van der Waals surface area (Å²) in [5.41, 5.74) is 2.00. The minimum absolute atomic E-state index is 0.0566. The third-order valence-electron chi connectivity index (χ3n) is 4.27. The van der Waals surface area contributed by atoms with Gasteiger partial charge >= 0.3 is 5.97 Å². The molecule has 1 aromatic rings. The highest BCUT2D eigenvalue weighted by Crippen LogP contribution is 2.31. The molecule has 2 N–H and O–H groups in total. The Morgan fingerprint density at radius 3 is 2.90 bits per heavy atom. The van der Waals surface area contributed by atoms with Gasteiger partial charge < -0.3 is 10.4 Å². The first-order valence-corrected chi connectivity index (χ1v) is 8.09. The molecule has 0 radical (unpaired) electrons. The molecule has 1 saturated carbocycles. The van der Waals surface area contributed by atoms with E-state index >= 15 is 0 Å². The van der Waals surface area contributed by atoms with Crippen molar-refractivity contribution in [2.75, 3.05) is 0 Å². The van der Waals surface area contributed by atoms with Crippen LogP contribution in [0.1, 0.15) is 49.8 Å². The summed E-state index contributed by atoms with van der Waals surface area (Å²) in [6.07, 6.45) is 3.07. The van der Waals surface area contributed by atoms with Crippen molar-refractivity contribution < 1.29 is 14.3 Å². The lowest BCUT2D eigenvalue weighted by Gasteiger charge is -2.22. The molecule has 2 rings (SSSR count). The zero-order valence-corrected chi connectivity index (χ0v) is 13.9. The van der Waals surface area contributed by atoms with Crippen LogP contribution in [0.3, 0.4) is 0 Å². The van der Waals surface area contributed by atoms with Gasteiger partial charge in [0.05, 0.1) is 4.47 Å². The molecule has 1 aliphatic rings. The molecule has 2 unspecified atom stereocenters. The summed E-state index contributed by atoms with van der Waals surface area (Å²) in [5.74, 6) is -0.714. The molecular weight excluding hydrogens is 337 g/mol. The Kier molecular flexibility index (Phi) is 5.38. The SMILES string of the molecule is Cc1cc(Br)c(F)cc1[C@H](C)NC1CCC(CC(=O)O)C1. The van der Waals surface area contributed by atoms with E-state index in [2.05, 4.69) is 21.2 Å². The number of aliphatic carboxylic acids is 1. The summed E-state index contributed by atoms with van der Waals surface area (Å²) < 4.78 is 14.2. The largest absolute Gasteiger partial charge is 0.481 e. The molecular formula is C16H21BrFNO2. The lowest BCUT2D eigenvalue weighted by atomic mass is 10.0. The number of hydrogen-bond acceptors (Lipinski definition) is 2. The first-order valence-electron chi connectivity index (χ1n) is 7.30. The van der Waals surface area contributed by atoms with Crippen LogP contribution in [0.15, 0.2) is 16.6 Å². The van der Waals surface area contributed by atoms with Gasteiger partial charge in [0.25, 0.3) is 0 Å². The van der Waals surface area contributed by atoms with Crippen molar-refractivity contribution in [2.45, 2.75) is 51.6 Å². The lowest BCUT2D eigenvalue weighted by molar-refractivity contribution is -0.138. The molecule has 0 amide bonds. The number of aryl methyl sites for hydroxylation is 1. The third-order valence-corrected chi connectivity index (χ3v) is 4.87. The Labute approximate surface area is 133 Å². The second-order valence-electron chi connectivity index (χ2n) is 5.99. The quantitative estimate of drug-likeness (QED) is 0.830. The molecule has 116 valence electrons. The topological polar surface area (TPSA) is 49.3 Å². The van der Waals surface area contributed by atoms with Crippen LogP contribution in [-0.2, 0) is 4.79 Å². The molecule has 1 aliphatic carbocycles. The van der Waals surface area contributed by atoms with Gasteiger partial charge in [0.2, 0.25) is 0 Å². The number of nitrogens with one attached hydrogen (secondary N) is 1. The van der Waals surface area contributed by atoms with Gasteiger partial charge in [-0.2, -0.15) is 0 Å². The van der Waals surface area contributed by atoms with Crippen LogP contribution < -0.4 is 5.32 Å². The normalized spacial score (nSPS) is 23.2. The molecule has 1 aromatic carbocycles. The third kappa shape index (κ3) is 4.27. The van der Waals surface area contributed by atoms with E-state index in [4.69, 9.17) is 5.11 Å². The second kappa shape index (κ2) is 6.88. The Morgan fingerprint density at radius 2 is 2.24 bits per heavy atom. The van der Waals surface area contributed by atoms with Crippen LogP contribution in [0.5, 0.6) is 0 Å². The highest BCUT2D eigenvalue weighted by molar-refractivity contribution is 9.10. The molecule has 1 fully saturated rings. The van der Waals surface area contributed by atoms with Crippen molar-refractivity contribution in [1.82, 2.24) is 5.32 Å². The predicted molar refractivity (Wildman–Crippen MR) is 83.8 cm³/mol. The molecule has 5 heteroatoms. The van der Waals surface area contributed by atoms with E-state index < -0.39 is 5.97 Å². The van der Waals surface area contributed by atoms with Crippen molar-refractivity contribution in [3.05, 3.63) is 33.5 Å². The highest BCUT2D eigenvalue weighted by atomic mass is 79.9. The summed E-state index contributed by atoms with van der Waals surface area (Å²) in [4.78, 5) is 10.8. The highest BCUT2D eigenvalue weighted by Gasteiger charge is 2.27. The predicted octanol–water partition coefficient (Wildman–Crippen LogP) is 4.19. The summed E-state index contributed by atoms with van der Waals surface area (Å²) in [6.45, 7) is 4.00. The van der Waals surface area contributed by atoms with Crippen molar-refractivity contribution in [1.29, 1.82) is 0 Å². The molecule has 0 bridgehead atoms. The van der Waals surface area contributed by atoms with Crippen molar-refractivity contribution in [2.24, 2.45) is 5.92 Å². The number of halogens is 2. The minimum Gasteiger partial charge on any atom is -0.481 e. The minimum atomic E-state index is -0.723. The van der Waals surface area contributed by atoms with Gasteiger partial charge in [-0.05, 0) is 78.2 Å². The van der Waals surface area contributed by atoms with Crippen LogP contribution in [-0.4, -0.2) is 17.1 Å². The molecule has 0 spiro atoms. The monoisotopic (exact) mass is 357 g/mol. The summed E-state index contributed by atoms with van der Waals surface area (Å²) >= 11 is 3.20. The van der Waals surface area contributed by atoms with E-state index in [0.29, 0.717) is 10.5 Å². The first-order chi connectivity index (χ1) is 9.86. The zero-order valence-electron chi connectivity index (χ0n) is 12.3. The van der Waals surface area contributed by atoms with E-state index in [-0.39, 0.29) is 24.2 Å². The zero-order chi connectivity index (χ0) is 15.6. The first kappa shape index (κ1) is 16.4. The van der Waals surface area contributed by atoms with Crippen LogP contribution in [0.25, 0.3) is 0 Å². The fraction of sp³-hybridized carbons (Fsp3) is 0.562. The van der Waals surface area contributed by atoms with Gasteiger partial charge in [0.1, 0.15) is 5.82 Å². The number of carboxylic acids is 1. The number of carbonyl (C=O) groups is 1. The van der Waals surface area contributed by atoms with E-state index in [1.54, 1.807) is 12.1 Å². The average Bonchev–Trinajstić information content (AvgIpc) is 2.80. The molecule has 3 nitrogen and oxygen atoms in total. The van der Waals surface area contributed by atoms with E-state index in [0.717, 1.165) is 30.4 Å². The van der Waals surface area contributed by atoms with E-state index in [1.165, 1.54) is 0 Å². The van der Waals surface area contributed by atoms with E-state index in [1.807, 2.05) is 13.8 Å². The summed E-state index contributed by atoms with van der Waals surface area (Å²) in [6, 6.07) is 3.74.